The molecule has 0 aliphatic carbocycles. The molecule has 0 aliphatic rings. The molecule has 1 unspecified atom stereocenters. The number of thiophene rings is 1. The molecular weight excluding hydrogens is 412 g/mol. The van der Waals surface area contributed by atoms with Gasteiger partial charge in [-0.2, -0.15) is 0 Å². The Bertz CT molecular complexity index is 1230. The average molecular weight is 431 g/mol. The Labute approximate surface area is 182 Å². The molecule has 0 amide bonds. The third kappa shape index (κ3) is 3.69. The van der Waals surface area contributed by atoms with Crippen LogP contribution >= 0.6 is 23.1 Å². The van der Waals surface area contributed by atoms with Gasteiger partial charge in [-0.15, -0.1) is 21.5 Å². The van der Waals surface area contributed by atoms with E-state index in [-0.39, 0.29) is 5.25 Å². The monoisotopic (exact) mass is 430 g/mol. The maximum Gasteiger partial charge on any atom is 0.257 e. The fraction of sp³-hybridized carbons (Fsp3) is 0.0870. The highest BCUT2D eigenvalue weighted by atomic mass is 32.2. The smallest absolute Gasteiger partial charge is 0.257 e. The van der Waals surface area contributed by atoms with Crippen molar-refractivity contribution < 1.29 is 4.42 Å². The fourth-order valence-electron chi connectivity index (χ4n) is 3.16. The molecule has 2 aromatic carbocycles. The number of benzene rings is 2. The maximum absolute atomic E-state index is 5.93. The second-order valence-electron chi connectivity index (χ2n) is 6.65. The molecule has 0 N–H and O–H groups in total. The van der Waals surface area contributed by atoms with Crippen molar-refractivity contribution in [3.63, 3.8) is 0 Å². The Kier molecular flexibility index (Phi) is 5.21. The first kappa shape index (κ1) is 18.8. The highest BCUT2D eigenvalue weighted by Crippen LogP contribution is 2.38. The van der Waals surface area contributed by atoms with Crippen LogP contribution in [0.2, 0.25) is 0 Å². The van der Waals surface area contributed by atoms with Crippen LogP contribution in [0.5, 0.6) is 0 Å². The lowest BCUT2D eigenvalue weighted by molar-refractivity contribution is 0.510. The molecule has 5 nitrogen and oxygen atoms in total. The van der Waals surface area contributed by atoms with Crippen LogP contribution in [0.1, 0.15) is 18.1 Å². The summed E-state index contributed by atoms with van der Waals surface area (Å²) in [6.45, 7) is 2.06. The molecule has 3 heterocycles. The summed E-state index contributed by atoms with van der Waals surface area (Å²) in [6, 6.07) is 24.5. The molecule has 5 aromatic rings. The molecule has 1 atom stereocenters. The van der Waals surface area contributed by atoms with Crippen molar-refractivity contribution in [2.24, 2.45) is 0 Å². The third-order valence-corrected chi connectivity index (χ3v) is 6.53. The van der Waals surface area contributed by atoms with Gasteiger partial charge in [-0.3, -0.25) is 4.57 Å². The van der Waals surface area contributed by atoms with Crippen molar-refractivity contribution in [2.45, 2.75) is 17.3 Å². The van der Waals surface area contributed by atoms with E-state index >= 15 is 0 Å². The van der Waals surface area contributed by atoms with Gasteiger partial charge in [-0.05, 0) is 30.5 Å². The van der Waals surface area contributed by atoms with Gasteiger partial charge in [0.2, 0.25) is 5.89 Å². The lowest BCUT2D eigenvalue weighted by Gasteiger charge is -2.13. The SMILES string of the molecule is CC(Sc1ncc(-c2ccccc2)n1-c1ccccc1)c1nnc(-c2cccs2)o1. The molecule has 7 heteroatoms. The first-order valence-corrected chi connectivity index (χ1v) is 11.3. The van der Waals surface area contributed by atoms with E-state index in [1.807, 2.05) is 60.1 Å². The second-order valence-corrected chi connectivity index (χ2v) is 8.90. The second kappa shape index (κ2) is 8.30. The van der Waals surface area contributed by atoms with Gasteiger partial charge in [0.05, 0.1) is 22.0 Å². The van der Waals surface area contributed by atoms with Crippen molar-refractivity contribution in [3.05, 3.63) is 90.3 Å². The standard InChI is InChI=1S/C23H18N4OS2/c1-16(21-25-26-22(28-21)20-13-8-14-29-20)30-23-24-15-19(17-9-4-2-5-10-17)27(23)18-11-6-3-7-12-18/h2-16H,1H3. The summed E-state index contributed by atoms with van der Waals surface area (Å²) in [5.41, 5.74) is 3.22. The highest BCUT2D eigenvalue weighted by Gasteiger charge is 2.21. The molecule has 148 valence electrons. The van der Waals surface area contributed by atoms with E-state index in [0.29, 0.717) is 11.8 Å². The van der Waals surface area contributed by atoms with E-state index in [0.717, 1.165) is 27.0 Å². The van der Waals surface area contributed by atoms with Crippen molar-refractivity contribution >= 4 is 23.1 Å². The summed E-state index contributed by atoms with van der Waals surface area (Å²) in [7, 11) is 0. The molecule has 0 saturated heterocycles. The summed E-state index contributed by atoms with van der Waals surface area (Å²) >= 11 is 3.19. The summed E-state index contributed by atoms with van der Waals surface area (Å²) in [6.07, 6.45) is 1.92. The van der Waals surface area contributed by atoms with Crippen LogP contribution < -0.4 is 0 Å². The highest BCUT2D eigenvalue weighted by molar-refractivity contribution is 7.99. The molecule has 0 bridgehead atoms. The molecule has 0 saturated carbocycles. The minimum absolute atomic E-state index is 0.0419. The Morgan fingerprint density at radius 2 is 1.70 bits per heavy atom. The summed E-state index contributed by atoms with van der Waals surface area (Å²) in [5.74, 6) is 1.15. The molecule has 30 heavy (non-hydrogen) atoms. The quantitative estimate of drug-likeness (QED) is 0.288. The lowest BCUT2D eigenvalue weighted by atomic mass is 10.1. The Balaban J connectivity index is 1.49. The van der Waals surface area contributed by atoms with Crippen molar-refractivity contribution in [2.75, 3.05) is 0 Å². The third-order valence-electron chi connectivity index (χ3n) is 4.62. The number of nitrogens with zero attached hydrogens (tertiary/aromatic N) is 4. The summed E-state index contributed by atoms with van der Waals surface area (Å²) < 4.78 is 8.10. The van der Waals surface area contributed by atoms with Gasteiger partial charge < -0.3 is 4.42 Å². The minimum atomic E-state index is -0.0419. The van der Waals surface area contributed by atoms with E-state index in [1.165, 1.54) is 0 Å². The van der Waals surface area contributed by atoms with Gasteiger partial charge in [0.25, 0.3) is 5.89 Å². The van der Waals surface area contributed by atoms with Crippen LogP contribution in [-0.2, 0) is 0 Å². The topological polar surface area (TPSA) is 56.7 Å². The first-order valence-electron chi connectivity index (χ1n) is 9.52. The maximum atomic E-state index is 5.93. The van der Waals surface area contributed by atoms with E-state index in [9.17, 15) is 0 Å². The lowest BCUT2D eigenvalue weighted by Crippen LogP contribution is -2.00. The number of imidazole rings is 1. The number of hydrogen-bond acceptors (Lipinski definition) is 6. The predicted octanol–water partition coefficient (Wildman–Crippen LogP) is 6.50. The Morgan fingerprint density at radius 3 is 2.43 bits per heavy atom. The van der Waals surface area contributed by atoms with E-state index in [2.05, 4.69) is 46.0 Å². The van der Waals surface area contributed by atoms with Crippen molar-refractivity contribution in [3.8, 4) is 27.7 Å². The zero-order valence-electron chi connectivity index (χ0n) is 16.2. The number of aromatic nitrogens is 4. The summed E-state index contributed by atoms with van der Waals surface area (Å²) in [4.78, 5) is 5.70. The van der Waals surface area contributed by atoms with Crippen LogP contribution in [-0.4, -0.2) is 19.7 Å². The van der Waals surface area contributed by atoms with E-state index in [4.69, 9.17) is 9.40 Å². The van der Waals surface area contributed by atoms with Gasteiger partial charge in [0, 0.05) is 11.3 Å². The first-order chi connectivity index (χ1) is 14.8. The van der Waals surface area contributed by atoms with Gasteiger partial charge in [-0.1, -0.05) is 66.4 Å². The molecule has 5 rings (SSSR count). The zero-order chi connectivity index (χ0) is 20.3. The van der Waals surface area contributed by atoms with Crippen LogP contribution in [0.3, 0.4) is 0 Å². The molecular formula is C23H18N4OS2. The van der Waals surface area contributed by atoms with Crippen molar-refractivity contribution in [1.29, 1.82) is 0 Å². The van der Waals surface area contributed by atoms with Crippen LogP contribution in [0.25, 0.3) is 27.7 Å². The summed E-state index contributed by atoms with van der Waals surface area (Å²) in [5, 5.41) is 11.3. The van der Waals surface area contributed by atoms with Crippen LogP contribution in [0, 0.1) is 0 Å². The minimum Gasteiger partial charge on any atom is -0.419 e. The molecule has 0 aliphatic heterocycles. The number of hydrogen-bond donors (Lipinski definition) is 0. The van der Waals surface area contributed by atoms with Crippen molar-refractivity contribution in [1.82, 2.24) is 19.7 Å². The molecule has 3 aromatic heterocycles. The number of rotatable bonds is 6. The number of thioether (sulfide) groups is 1. The van der Waals surface area contributed by atoms with Gasteiger partial charge >= 0.3 is 0 Å². The number of para-hydroxylation sites is 1. The predicted molar refractivity (Wildman–Crippen MR) is 121 cm³/mol. The van der Waals surface area contributed by atoms with Gasteiger partial charge in [-0.25, -0.2) is 4.98 Å². The fourth-order valence-corrected chi connectivity index (χ4v) is 4.74. The molecule has 0 radical (unpaired) electrons. The zero-order valence-corrected chi connectivity index (χ0v) is 17.8. The van der Waals surface area contributed by atoms with Gasteiger partial charge in [0.1, 0.15) is 0 Å². The van der Waals surface area contributed by atoms with E-state index in [1.54, 1.807) is 23.1 Å². The van der Waals surface area contributed by atoms with Crippen LogP contribution in [0.15, 0.2) is 93.9 Å². The van der Waals surface area contributed by atoms with Crippen LogP contribution in [0.4, 0.5) is 0 Å². The molecule has 0 fully saturated rings. The van der Waals surface area contributed by atoms with Gasteiger partial charge in [0.15, 0.2) is 5.16 Å². The largest absolute Gasteiger partial charge is 0.419 e. The Hall–Kier alpha value is -3.16. The average Bonchev–Trinajstić information content (AvgIpc) is 3.55. The van der Waals surface area contributed by atoms with E-state index < -0.39 is 0 Å². The normalized spacial score (nSPS) is 12.2. The Morgan fingerprint density at radius 1 is 0.933 bits per heavy atom. The molecule has 0 spiro atoms.